The van der Waals surface area contributed by atoms with Gasteiger partial charge in [0.25, 0.3) is 23.4 Å². The van der Waals surface area contributed by atoms with Crippen molar-refractivity contribution in [1.82, 2.24) is 10.4 Å². The number of nitrogens with one attached hydrogen (secondary N) is 1. The smallest absolute Gasteiger partial charge is 0.270 e. The number of hydrogen-bond acceptors (Lipinski definition) is 5. The van der Waals surface area contributed by atoms with Crippen LogP contribution in [0.25, 0.3) is 0 Å². The van der Waals surface area contributed by atoms with E-state index in [-0.39, 0.29) is 21.3 Å². The Balaban J connectivity index is 1.69. The number of carbonyl (C=O) groups is 3. The first-order chi connectivity index (χ1) is 13.8. The van der Waals surface area contributed by atoms with E-state index in [1.165, 1.54) is 18.2 Å². The summed E-state index contributed by atoms with van der Waals surface area (Å²) in [6, 6.07) is 4.70. The summed E-state index contributed by atoms with van der Waals surface area (Å²) in [6.07, 6.45) is 0. The van der Waals surface area contributed by atoms with Crippen LogP contribution in [-0.2, 0) is 9.59 Å². The third-order valence-electron chi connectivity index (χ3n) is 5.44. The maximum atomic E-state index is 13.0. The summed E-state index contributed by atoms with van der Waals surface area (Å²) in [5.41, 5.74) is 1.60. The number of nitrogens with zero attached hydrogens (tertiary/aromatic N) is 2. The van der Waals surface area contributed by atoms with Crippen molar-refractivity contribution in [2.45, 2.75) is 14.1 Å². The second-order valence-corrected chi connectivity index (χ2v) is 10.1. The molecule has 0 radical (unpaired) electrons. The van der Waals surface area contributed by atoms with Gasteiger partial charge < -0.3 is 0 Å². The minimum atomic E-state index is -2.09. The lowest BCUT2D eigenvalue weighted by molar-refractivity contribution is -0.384. The molecule has 0 aromatic heterocycles. The van der Waals surface area contributed by atoms with Crippen LogP contribution in [0.3, 0.4) is 0 Å². The van der Waals surface area contributed by atoms with Crippen LogP contribution in [0.4, 0.5) is 5.69 Å². The molecule has 3 amide bonds. The number of carbonyl (C=O) groups excluding carboxylic acids is 3. The molecule has 2 fully saturated rings. The van der Waals surface area contributed by atoms with Crippen LogP contribution in [0.15, 0.2) is 34.3 Å². The van der Waals surface area contributed by atoms with E-state index in [9.17, 15) is 24.5 Å². The molecule has 1 aromatic rings. The number of nitro benzene ring substituents is 1. The predicted molar refractivity (Wildman–Crippen MR) is 110 cm³/mol. The normalized spacial score (nSPS) is 33.9. The number of hydrogen-bond donors (Lipinski definition) is 1. The van der Waals surface area contributed by atoms with Gasteiger partial charge in [-0.15, -0.1) is 23.2 Å². The molecule has 2 aliphatic carbocycles. The van der Waals surface area contributed by atoms with Gasteiger partial charge in [0.1, 0.15) is 9.75 Å². The third kappa shape index (κ3) is 2.35. The van der Waals surface area contributed by atoms with Crippen molar-refractivity contribution in [3.8, 4) is 0 Å². The Morgan fingerprint density at radius 2 is 1.53 bits per heavy atom. The van der Waals surface area contributed by atoms with Crippen molar-refractivity contribution in [2.24, 2.45) is 11.8 Å². The summed E-state index contributed by atoms with van der Waals surface area (Å²) in [4.78, 5) is 44.7. The van der Waals surface area contributed by atoms with Crippen LogP contribution in [0.5, 0.6) is 0 Å². The fraction of sp³-hybridized carbons (Fsp3) is 0.312. The van der Waals surface area contributed by atoms with Gasteiger partial charge in [-0.25, -0.2) is 0 Å². The van der Waals surface area contributed by atoms with Crippen molar-refractivity contribution < 1.29 is 19.3 Å². The first-order valence-electron chi connectivity index (χ1n) is 8.07. The highest BCUT2D eigenvalue weighted by atomic mass is 35.5. The molecule has 8 nitrogen and oxygen atoms in total. The Morgan fingerprint density at radius 3 is 2.00 bits per heavy atom. The van der Waals surface area contributed by atoms with Crippen molar-refractivity contribution >= 4 is 93.0 Å². The number of nitro groups is 1. The Hall–Kier alpha value is -1.29. The quantitative estimate of drug-likeness (QED) is 0.276. The van der Waals surface area contributed by atoms with E-state index in [1.54, 1.807) is 0 Å². The van der Waals surface area contributed by atoms with Gasteiger partial charge in [-0.05, 0) is 6.07 Å². The first-order valence-corrected chi connectivity index (χ1v) is 10.3. The minimum absolute atomic E-state index is 0.163. The fourth-order valence-corrected chi connectivity index (χ4v) is 6.96. The average molecular weight is 534 g/mol. The van der Waals surface area contributed by atoms with Gasteiger partial charge in [0, 0.05) is 17.7 Å². The van der Waals surface area contributed by atoms with E-state index < -0.39 is 48.6 Å². The molecule has 1 saturated heterocycles. The zero-order chi connectivity index (χ0) is 22.4. The van der Waals surface area contributed by atoms with Crippen LogP contribution < -0.4 is 5.43 Å². The molecule has 4 atom stereocenters. The lowest BCUT2D eigenvalue weighted by atomic mass is 9.84. The number of imide groups is 1. The maximum Gasteiger partial charge on any atom is 0.270 e. The lowest BCUT2D eigenvalue weighted by Gasteiger charge is -2.34. The first kappa shape index (κ1) is 21.9. The summed E-state index contributed by atoms with van der Waals surface area (Å²) >= 11 is 38.2. The number of non-ortho nitro benzene ring substituents is 1. The van der Waals surface area contributed by atoms with E-state index in [0.29, 0.717) is 5.01 Å². The highest BCUT2D eigenvalue weighted by Gasteiger charge is 2.87. The molecule has 1 saturated carbocycles. The van der Waals surface area contributed by atoms with Crippen LogP contribution in [0.2, 0.25) is 0 Å². The highest BCUT2D eigenvalue weighted by Crippen LogP contribution is 2.77. The molecule has 30 heavy (non-hydrogen) atoms. The largest absolute Gasteiger partial charge is 0.272 e. The van der Waals surface area contributed by atoms with Gasteiger partial charge >= 0.3 is 0 Å². The number of amides is 3. The molecule has 1 aliphatic heterocycles. The molecule has 0 unspecified atom stereocenters. The van der Waals surface area contributed by atoms with Crippen LogP contribution >= 0.6 is 69.6 Å². The Morgan fingerprint density at radius 1 is 1.03 bits per heavy atom. The van der Waals surface area contributed by atoms with E-state index in [2.05, 4.69) is 5.43 Å². The molecule has 3 aliphatic rings. The van der Waals surface area contributed by atoms with Crippen molar-refractivity contribution in [3.63, 3.8) is 0 Å². The molecular formula is C16H7Cl6N3O5. The SMILES string of the molecule is O=C(NN1C(=O)[C@@H]2[C@@H](C1=O)[C@@]1(Cl)C(Cl)=C(Cl)[C@@]2(Cl)C1(Cl)Cl)c1cccc([N+](=O)[O-])c1. The van der Waals surface area contributed by atoms with E-state index >= 15 is 0 Å². The molecule has 1 N–H and O–H groups in total. The summed E-state index contributed by atoms with van der Waals surface area (Å²) in [6.45, 7) is 0. The minimum Gasteiger partial charge on any atom is -0.272 e. The number of benzene rings is 1. The van der Waals surface area contributed by atoms with E-state index in [1.807, 2.05) is 0 Å². The average Bonchev–Trinajstić information content (AvgIpc) is 3.07. The second kappa shape index (κ2) is 6.60. The number of fused-ring (bicyclic) bond motifs is 5. The zero-order valence-corrected chi connectivity index (χ0v) is 18.7. The summed E-state index contributed by atoms with van der Waals surface area (Å²) < 4.78 is -2.09. The number of allylic oxidation sites excluding steroid dienone is 2. The Labute approximate surface area is 198 Å². The number of alkyl halides is 4. The van der Waals surface area contributed by atoms with Crippen LogP contribution in [0.1, 0.15) is 10.4 Å². The number of halogens is 6. The van der Waals surface area contributed by atoms with Gasteiger partial charge in [0.2, 0.25) is 0 Å². The van der Waals surface area contributed by atoms with Crippen LogP contribution in [0, 0.1) is 22.0 Å². The molecule has 2 bridgehead atoms. The standard InChI is InChI=1S/C16H7Cl6N3O5/c17-9-10(18)15(20)8-7(14(9,19)16(15,21)22)12(27)24(13(8)28)23-11(26)5-2-1-3-6(4-5)25(29)30/h1-4,7-8H,(H,23,26)/t7-,8-,14+,15+/m0/s1. The fourth-order valence-electron chi connectivity index (χ4n) is 4.03. The molecule has 14 heteroatoms. The molecule has 158 valence electrons. The molecule has 0 spiro atoms. The van der Waals surface area contributed by atoms with E-state index in [4.69, 9.17) is 69.6 Å². The zero-order valence-electron chi connectivity index (χ0n) is 14.2. The lowest BCUT2D eigenvalue weighted by Crippen LogP contribution is -2.54. The van der Waals surface area contributed by atoms with Gasteiger partial charge in [0.05, 0.1) is 26.8 Å². The van der Waals surface area contributed by atoms with Gasteiger partial charge in [-0.2, -0.15) is 5.01 Å². The monoisotopic (exact) mass is 531 g/mol. The Bertz CT molecular complexity index is 1050. The topological polar surface area (TPSA) is 110 Å². The third-order valence-corrected chi connectivity index (χ3v) is 9.70. The van der Waals surface area contributed by atoms with Crippen molar-refractivity contribution in [1.29, 1.82) is 0 Å². The van der Waals surface area contributed by atoms with E-state index in [0.717, 1.165) is 6.07 Å². The maximum absolute atomic E-state index is 13.0. The Kier molecular flexibility index (Phi) is 4.83. The van der Waals surface area contributed by atoms with Gasteiger partial charge in [0.15, 0.2) is 4.33 Å². The van der Waals surface area contributed by atoms with Crippen molar-refractivity contribution in [2.75, 3.05) is 0 Å². The molecular weight excluding hydrogens is 527 g/mol. The van der Waals surface area contributed by atoms with Gasteiger partial charge in [-0.3, -0.25) is 29.9 Å². The molecule has 4 rings (SSSR count). The molecule has 1 heterocycles. The number of rotatable bonds is 3. The summed E-state index contributed by atoms with van der Waals surface area (Å²) in [5.74, 6) is -5.66. The predicted octanol–water partition coefficient (Wildman–Crippen LogP) is 3.69. The summed E-state index contributed by atoms with van der Waals surface area (Å²) in [7, 11) is 0. The van der Waals surface area contributed by atoms with Crippen LogP contribution in [-0.4, -0.2) is 41.7 Å². The summed E-state index contributed by atoms with van der Waals surface area (Å²) in [5, 5.41) is 10.8. The second-order valence-electron chi connectivity index (χ2n) is 6.84. The highest BCUT2D eigenvalue weighted by molar-refractivity contribution is 6.66. The van der Waals surface area contributed by atoms with Gasteiger partial charge in [-0.1, -0.05) is 52.5 Å². The number of hydrazine groups is 1. The van der Waals surface area contributed by atoms with Crippen molar-refractivity contribution in [3.05, 3.63) is 50.0 Å². The molecule has 1 aromatic carbocycles.